The van der Waals surface area contributed by atoms with Gasteiger partial charge in [-0.3, -0.25) is 0 Å². The van der Waals surface area contributed by atoms with Gasteiger partial charge >= 0.3 is 0 Å². The van der Waals surface area contributed by atoms with Crippen LogP contribution in [-0.4, -0.2) is 23.7 Å². The third-order valence-corrected chi connectivity index (χ3v) is 6.13. The molecule has 1 aliphatic rings. The Morgan fingerprint density at radius 3 is 2.67 bits per heavy atom. The second-order valence-electron chi connectivity index (χ2n) is 5.07. The molecular formula is C14H17N3O2S2. The van der Waals surface area contributed by atoms with Gasteiger partial charge in [-0.15, -0.1) is 11.3 Å². The summed E-state index contributed by atoms with van der Waals surface area (Å²) in [6.45, 7) is 0.778. The normalized spacial score (nSPS) is 15.5. The minimum absolute atomic E-state index is 0.100. The molecule has 0 saturated heterocycles. The van der Waals surface area contributed by atoms with E-state index in [0.717, 1.165) is 23.3 Å². The van der Waals surface area contributed by atoms with Crippen LogP contribution in [0.25, 0.3) is 0 Å². The van der Waals surface area contributed by atoms with E-state index in [4.69, 9.17) is 5.73 Å². The minimum atomic E-state index is -3.55. The van der Waals surface area contributed by atoms with Crippen LogP contribution in [-0.2, 0) is 23.1 Å². The topological polar surface area (TPSA) is 76.3 Å². The van der Waals surface area contributed by atoms with E-state index in [1.807, 2.05) is 17.5 Å². The third kappa shape index (κ3) is 3.16. The third-order valence-electron chi connectivity index (χ3n) is 3.45. The average Bonchev–Trinajstić information content (AvgIpc) is 3.20. The van der Waals surface area contributed by atoms with E-state index < -0.39 is 10.0 Å². The first-order chi connectivity index (χ1) is 10.1. The van der Waals surface area contributed by atoms with Crippen LogP contribution in [0, 0.1) is 0 Å². The molecular weight excluding hydrogens is 306 g/mol. The molecule has 1 aliphatic carbocycles. The van der Waals surface area contributed by atoms with Gasteiger partial charge in [0, 0.05) is 30.2 Å². The van der Waals surface area contributed by atoms with Crippen LogP contribution in [0.15, 0.2) is 40.9 Å². The summed E-state index contributed by atoms with van der Waals surface area (Å²) in [5.41, 5.74) is 6.34. The van der Waals surface area contributed by atoms with E-state index in [-0.39, 0.29) is 11.1 Å². The quantitative estimate of drug-likeness (QED) is 0.881. The Morgan fingerprint density at radius 1 is 1.33 bits per heavy atom. The predicted molar refractivity (Wildman–Crippen MR) is 82.2 cm³/mol. The van der Waals surface area contributed by atoms with Gasteiger partial charge in [0.25, 0.3) is 10.0 Å². The predicted octanol–water partition coefficient (Wildman–Crippen LogP) is 1.96. The van der Waals surface area contributed by atoms with Crippen molar-refractivity contribution in [3.63, 3.8) is 0 Å². The smallest absolute Gasteiger partial charge is 0.261 e. The highest BCUT2D eigenvalue weighted by Gasteiger charge is 2.38. The summed E-state index contributed by atoms with van der Waals surface area (Å²) >= 11 is 1.57. The summed E-state index contributed by atoms with van der Waals surface area (Å²) in [6.07, 6.45) is 3.38. The fourth-order valence-corrected chi connectivity index (χ4v) is 4.50. The number of nitrogens with two attached hydrogens (primary N) is 1. The molecule has 2 N–H and O–H groups in total. The standard InChI is InChI=1S/C14H17N3O2S2/c15-8-11-3-6-14(16-9-11)21(18,19)17(12-4-5-12)10-13-2-1-7-20-13/h1-3,6-7,9,12H,4-5,8,10,15H2. The number of pyridine rings is 1. The number of rotatable bonds is 6. The van der Waals surface area contributed by atoms with Gasteiger partial charge < -0.3 is 5.73 Å². The maximum Gasteiger partial charge on any atom is 0.261 e. The zero-order chi connectivity index (χ0) is 14.9. The summed E-state index contributed by atoms with van der Waals surface area (Å²) in [5.74, 6) is 0. The molecule has 0 radical (unpaired) electrons. The van der Waals surface area contributed by atoms with Gasteiger partial charge in [-0.25, -0.2) is 13.4 Å². The van der Waals surface area contributed by atoms with Crippen LogP contribution in [0.1, 0.15) is 23.3 Å². The Hall–Kier alpha value is -1.28. The fraction of sp³-hybridized carbons (Fsp3) is 0.357. The van der Waals surface area contributed by atoms with E-state index in [1.165, 1.54) is 6.20 Å². The number of hydrogen-bond donors (Lipinski definition) is 1. The molecule has 2 heterocycles. The summed E-state index contributed by atoms with van der Waals surface area (Å²) < 4.78 is 27.1. The minimum Gasteiger partial charge on any atom is -0.326 e. The monoisotopic (exact) mass is 323 g/mol. The summed E-state index contributed by atoms with van der Waals surface area (Å²) in [7, 11) is -3.55. The first kappa shape index (κ1) is 14.6. The Morgan fingerprint density at radius 2 is 2.14 bits per heavy atom. The molecule has 1 fully saturated rings. The van der Waals surface area contributed by atoms with Gasteiger partial charge in [-0.2, -0.15) is 4.31 Å². The molecule has 0 amide bonds. The van der Waals surface area contributed by atoms with Gasteiger partial charge in [-0.05, 0) is 35.9 Å². The van der Waals surface area contributed by atoms with Gasteiger partial charge in [-0.1, -0.05) is 12.1 Å². The molecule has 3 rings (SSSR count). The van der Waals surface area contributed by atoms with Crippen LogP contribution < -0.4 is 5.73 Å². The molecule has 2 aromatic heterocycles. The number of nitrogens with zero attached hydrogens (tertiary/aromatic N) is 2. The summed E-state index contributed by atoms with van der Waals surface area (Å²) in [5, 5.41) is 2.06. The Bertz CT molecular complexity index is 692. The maximum absolute atomic E-state index is 12.8. The van der Waals surface area contributed by atoms with Crippen molar-refractivity contribution in [3.05, 3.63) is 46.3 Å². The van der Waals surface area contributed by atoms with Gasteiger partial charge in [0.1, 0.15) is 0 Å². The second-order valence-corrected chi connectivity index (χ2v) is 7.94. The number of sulfonamides is 1. The molecule has 0 spiro atoms. The molecule has 0 aliphatic heterocycles. The number of hydrogen-bond acceptors (Lipinski definition) is 5. The van der Waals surface area contributed by atoms with Crippen molar-refractivity contribution in [3.8, 4) is 0 Å². The van der Waals surface area contributed by atoms with Crippen LogP contribution in [0.2, 0.25) is 0 Å². The Kier molecular flexibility index (Phi) is 4.08. The molecule has 0 aromatic carbocycles. The lowest BCUT2D eigenvalue weighted by Gasteiger charge is -2.20. The van der Waals surface area contributed by atoms with Crippen LogP contribution in [0.3, 0.4) is 0 Å². The maximum atomic E-state index is 12.8. The average molecular weight is 323 g/mol. The lowest BCUT2D eigenvalue weighted by molar-refractivity contribution is 0.399. The van der Waals surface area contributed by atoms with Crippen molar-refractivity contribution in [2.45, 2.75) is 37.0 Å². The SMILES string of the molecule is NCc1ccc(S(=O)(=O)N(Cc2cccs2)C2CC2)nc1. The molecule has 0 unspecified atom stereocenters. The van der Waals surface area contributed by atoms with Crippen molar-refractivity contribution in [1.29, 1.82) is 0 Å². The largest absolute Gasteiger partial charge is 0.326 e. The molecule has 5 nitrogen and oxygen atoms in total. The van der Waals surface area contributed by atoms with Crippen molar-refractivity contribution < 1.29 is 8.42 Å². The van der Waals surface area contributed by atoms with Crippen LogP contribution >= 0.6 is 11.3 Å². The van der Waals surface area contributed by atoms with E-state index in [9.17, 15) is 8.42 Å². The van der Waals surface area contributed by atoms with Crippen molar-refractivity contribution in [2.24, 2.45) is 5.73 Å². The first-order valence-electron chi connectivity index (χ1n) is 6.80. The van der Waals surface area contributed by atoms with Gasteiger partial charge in [0.2, 0.25) is 0 Å². The van der Waals surface area contributed by atoms with Gasteiger partial charge in [0.15, 0.2) is 5.03 Å². The highest BCUT2D eigenvalue weighted by atomic mass is 32.2. The molecule has 7 heteroatoms. The van der Waals surface area contributed by atoms with E-state index >= 15 is 0 Å². The van der Waals surface area contributed by atoms with Gasteiger partial charge in [0.05, 0.1) is 0 Å². The summed E-state index contributed by atoms with van der Waals surface area (Å²) in [6, 6.07) is 7.26. The molecule has 21 heavy (non-hydrogen) atoms. The molecule has 0 bridgehead atoms. The lowest BCUT2D eigenvalue weighted by atomic mass is 10.3. The lowest BCUT2D eigenvalue weighted by Crippen LogP contribution is -2.33. The van der Waals surface area contributed by atoms with Crippen LogP contribution in [0.5, 0.6) is 0 Å². The zero-order valence-corrected chi connectivity index (χ0v) is 13.1. The Balaban J connectivity index is 1.89. The second kappa shape index (κ2) is 5.84. The van der Waals surface area contributed by atoms with Crippen molar-refractivity contribution >= 4 is 21.4 Å². The van der Waals surface area contributed by atoms with Crippen molar-refractivity contribution in [2.75, 3.05) is 0 Å². The fourth-order valence-electron chi connectivity index (χ4n) is 2.13. The molecule has 2 aromatic rings. The number of thiophene rings is 1. The molecule has 112 valence electrons. The summed E-state index contributed by atoms with van der Waals surface area (Å²) in [4.78, 5) is 5.12. The van der Waals surface area contributed by atoms with E-state index in [1.54, 1.807) is 27.8 Å². The highest BCUT2D eigenvalue weighted by Crippen LogP contribution is 2.33. The molecule has 0 atom stereocenters. The van der Waals surface area contributed by atoms with E-state index in [0.29, 0.717) is 13.1 Å². The zero-order valence-electron chi connectivity index (χ0n) is 11.5. The molecule has 1 saturated carbocycles. The highest BCUT2D eigenvalue weighted by molar-refractivity contribution is 7.89. The van der Waals surface area contributed by atoms with Crippen molar-refractivity contribution in [1.82, 2.24) is 9.29 Å². The number of aromatic nitrogens is 1. The first-order valence-corrected chi connectivity index (χ1v) is 9.12. The van der Waals surface area contributed by atoms with Crippen LogP contribution in [0.4, 0.5) is 0 Å². The van der Waals surface area contributed by atoms with E-state index in [2.05, 4.69) is 4.98 Å². The Labute approximate surface area is 128 Å².